The summed E-state index contributed by atoms with van der Waals surface area (Å²) in [6, 6.07) is 22.2. The second kappa shape index (κ2) is 9.35. The number of rotatable bonds is 6. The Hall–Kier alpha value is -2.12. The highest BCUT2D eigenvalue weighted by atomic mass is 79.9. The van der Waals surface area contributed by atoms with E-state index in [-0.39, 0.29) is 11.5 Å². The zero-order chi connectivity index (χ0) is 21.1. The van der Waals surface area contributed by atoms with Crippen LogP contribution in [0, 0.1) is 0 Å². The van der Waals surface area contributed by atoms with Crippen LogP contribution in [0.5, 0.6) is 0 Å². The summed E-state index contributed by atoms with van der Waals surface area (Å²) in [5, 5.41) is 10.6. The van der Waals surface area contributed by atoms with E-state index in [1.54, 1.807) is 18.2 Å². The smallest absolute Gasteiger partial charge is 0.196 e. The van der Waals surface area contributed by atoms with Crippen LogP contribution in [-0.4, -0.2) is 26.3 Å². The summed E-state index contributed by atoms with van der Waals surface area (Å²) in [5.74, 6) is 0.894. The van der Waals surface area contributed by atoms with Crippen LogP contribution in [0.25, 0.3) is 17.1 Å². The van der Waals surface area contributed by atoms with Crippen LogP contribution < -0.4 is 0 Å². The maximum Gasteiger partial charge on any atom is 0.196 e. The average molecular weight is 519 g/mol. The lowest BCUT2D eigenvalue weighted by Crippen LogP contribution is -2.05. The van der Waals surface area contributed by atoms with Crippen molar-refractivity contribution in [2.45, 2.75) is 5.16 Å². The van der Waals surface area contributed by atoms with E-state index in [0.29, 0.717) is 26.6 Å². The first-order valence-electron chi connectivity index (χ1n) is 8.91. The highest BCUT2D eigenvalue weighted by Crippen LogP contribution is 2.30. The second-order valence-corrected chi connectivity index (χ2v) is 8.99. The summed E-state index contributed by atoms with van der Waals surface area (Å²) < 4.78 is 2.69. The van der Waals surface area contributed by atoms with Gasteiger partial charge in [0.05, 0.1) is 5.75 Å². The molecule has 30 heavy (non-hydrogen) atoms. The predicted molar refractivity (Wildman–Crippen MR) is 126 cm³/mol. The molecule has 0 aliphatic rings. The monoisotopic (exact) mass is 517 g/mol. The Labute approximate surface area is 196 Å². The van der Waals surface area contributed by atoms with E-state index in [4.69, 9.17) is 23.2 Å². The van der Waals surface area contributed by atoms with Crippen molar-refractivity contribution in [3.8, 4) is 17.1 Å². The fraction of sp³-hybridized carbons (Fsp3) is 0.0455. The van der Waals surface area contributed by atoms with E-state index in [0.717, 1.165) is 15.7 Å². The van der Waals surface area contributed by atoms with Gasteiger partial charge >= 0.3 is 0 Å². The molecular weight excluding hydrogens is 505 g/mol. The van der Waals surface area contributed by atoms with Crippen molar-refractivity contribution in [2.75, 3.05) is 5.75 Å². The Balaban J connectivity index is 1.69. The lowest BCUT2D eigenvalue weighted by Gasteiger charge is -2.11. The first kappa shape index (κ1) is 21.1. The number of hydrogen-bond acceptors (Lipinski definition) is 4. The van der Waals surface area contributed by atoms with Crippen molar-refractivity contribution in [1.82, 2.24) is 14.8 Å². The molecule has 4 rings (SSSR count). The minimum absolute atomic E-state index is 0.00572. The zero-order valence-corrected chi connectivity index (χ0v) is 19.3. The molecule has 0 amide bonds. The Morgan fingerprint density at radius 3 is 2.20 bits per heavy atom. The van der Waals surface area contributed by atoms with Gasteiger partial charge in [0.1, 0.15) is 0 Å². The van der Waals surface area contributed by atoms with E-state index < -0.39 is 0 Å². The maximum absolute atomic E-state index is 12.7. The zero-order valence-electron chi connectivity index (χ0n) is 15.4. The fourth-order valence-electron chi connectivity index (χ4n) is 2.87. The van der Waals surface area contributed by atoms with Crippen molar-refractivity contribution >= 4 is 56.7 Å². The predicted octanol–water partition coefficient (Wildman–Crippen LogP) is 6.98. The van der Waals surface area contributed by atoms with E-state index in [1.807, 2.05) is 59.2 Å². The van der Waals surface area contributed by atoms with E-state index in [9.17, 15) is 4.79 Å². The number of hydrogen-bond donors (Lipinski definition) is 0. The summed E-state index contributed by atoms with van der Waals surface area (Å²) in [6.45, 7) is 0. The van der Waals surface area contributed by atoms with Crippen LogP contribution in [0.4, 0.5) is 0 Å². The summed E-state index contributed by atoms with van der Waals surface area (Å²) >= 11 is 16.9. The van der Waals surface area contributed by atoms with Gasteiger partial charge in [-0.25, -0.2) is 0 Å². The molecule has 0 saturated carbocycles. The molecule has 0 radical (unpaired) electrons. The number of carbonyl (C=O) groups excluding carboxylic acids is 1. The van der Waals surface area contributed by atoms with E-state index in [2.05, 4.69) is 26.1 Å². The molecule has 4 aromatic rings. The van der Waals surface area contributed by atoms with Gasteiger partial charge in [0, 0.05) is 31.3 Å². The molecule has 0 aliphatic heterocycles. The topological polar surface area (TPSA) is 47.8 Å². The third kappa shape index (κ3) is 4.62. The summed E-state index contributed by atoms with van der Waals surface area (Å²) in [7, 11) is 0. The minimum Gasteiger partial charge on any atom is -0.293 e. The molecular formula is C22H14BrCl2N3OS. The molecule has 0 atom stereocenters. The molecule has 0 N–H and O–H groups in total. The molecule has 1 heterocycles. The fourth-order valence-corrected chi connectivity index (χ4v) is 4.46. The van der Waals surface area contributed by atoms with Crippen molar-refractivity contribution in [1.29, 1.82) is 0 Å². The molecule has 8 heteroatoms. The average Bonchev–Trinajstić information content (AvgIpc) is 3.17. The van der Waals surface area contributed by atoms with Gasteiger partial charge in [-0.05, 0) is 54.6 Å². The van der Waals surface area contributed by atoms with Crippen molar-refractivity contribution in [3.63, 3.8) is 0 Å². The molecule has 0 spiro atoms. The second-order valence-electron chi connectivity index (χ2n) is 6.32. The summed E-state index contributed by atoms with van der Waals surface area (Å²) in [6.07, 6.45) is 0. The Bertz CT molecular complexity index is 1190. The molecule has 150 valence electrons. The van der Waals surface area contributed by atoms with Gasteiger partial charge in [-0.2, -0.15) is 0 Å². The van der Waals surface area contributed by atoms with Crippen LogP contribution in [0.2, 0.25) is 10.0 Å². The highest BCUT2D eigenvalue weighted by molar-refractivity contribution is 9.10. The molecule has 3 aromatic carbocycles. The maximum atomic E-state index is 12.7. The number of aromatic nitrogens is 3. The highest BCUT2D eigenvalue weighted by Gasteiger charge is 2.18. The van der Waals surface area contributed by atoms with Crippen molar-refractivity contribution in [2.24, 2.45) is 0 Å². The first-order valence-corrected chi connectivity index (χ1v) is 11.4. The molecule has 0 fully saturated rings. The molecule has 4 nitrogen and oxygen atoms in total. The molecule has 0 unspecified atom stereocenters. The van der Waals surface area contributed by atoms with Crippen LogP contribution in [0.3, 0.4) is 0 Å². The largest absolute Gasteiger partial charge is 0.293 e. The van der Waals surface area contributed by atoms with Gasteiger partial charge in [-0.1, -0.05) is 69.1 Å². The van der Waals surface area contributed by atoms with Crippen LogP contribution in [-0.2, 0) is 0 Å². The quantitative estimate of drug-likeness (QED) is 0.204. The van der Waals surface area contributed by atoms with Gasteiger partial charge in [0.15, 0.2) is 16.8 Å². The number of Topliss-reactive ketones (excluding diaryl/α,β-unsaturated/α-hetero) is 1. The van der Waals surface area contributed by atoms with Gasteiger partial charge in [0.25, 0.3) is 0 Å². The third-order valence-electron chi connectivity index (χ3n) is 4.33. The molecule has 0 saturated heterocycles. The van der Waals surface area contributed by atoms with E-state index >= 15 is 0 Å². The lowest BCUT2D eigenvalue weighted by molar-refractivity contribution is 0.102. The number of ketones is 1. The molecule has 0 bridgehead atoms. The Kier molecular flexibility index (Phi) is 6.58. The van der Waals surface area contributed by atoms with Crippen molar-refractivity contribution < 1.29 is 4.79 Å². The molecule has 0 aliphatic carbocycles. The first-order chi connectivity index (χ1) is 14.5. The minimum atomic E-state index is 0.00572. The standard InChI is InChI=1S/C22H14BrCl2N3OS/c23-19-4-2-1-3-18(19)20(29)13-30-22-27-26-21(14-5-7-15(24)8-6-14)28(22)17-11-9-16(25)10-12-17/h1-12H,13H2. The lowest BCUT2D eigenvalue weighted by atomic mass is 10.1. The third-order valence-corrected chi connectivity index (χ3v) is 6.45. The van der Waals surface area contributed by atoms with Crippen molar-refractivity contribution in [3.05, 3.63) is 92.9 Å². The summed E-state index contributed by atoms with van der Waals surface area (Å²) in [4.78, 5) is 12.7. The van der Waals surface area contributed by atoms with Crippen LogP contribution in [0.15, 0.2) is 82.4 Å². The number of halogens is 3. The number of nitrogens with zero attached hydrogens (tertiary/aromatic N) is 3. The normalized spacial score (nSPS) is 10.9. The van der Waals surface area contributed by atoms with Crippen LogP contribution in [0.1, 0.15) is 10.4 Å². The van der Waals surface area contributed by atoms with Gasteiger partial charge in [0.2, 0.25) is 0 Å². The van der Waals surface area contributed by atoms with Gasteiger partial charge < -0.3 is 0 Å². The van der Waals surface area contributed by atoms with E-state index in [1.165, 1.54) is 11.8 Å². The Morgan fingerprint density at radius 1 is 0.900 bits per heavy atom. The molecule has 1 aromatic heterocycles. The number of benzene rings is 3. The number of carbonyl (C=O) groups is 1. The Morgan fingerprint density at radius 2 is 1.53 bits per heavy atom. The SMILES string of the molecule is O=C(CSc1nnc(-c2ccc(Cl)cc2)n1-c1ccc(Cl)cc1)c1ccccc1Br. The number of thioether (sulfide) groups is 1. The van der Waals surface area contributed by atoms with Gasteiger partial charge in [-0.3, -0.25) is 9.36 Å². The van der Waals surface area contributed by atoms with Gasteiger partial charge in [-0.15, -0.1) is 10.2 Å². The van der Waals surface area contributed by atoms with Crippen LogP contribution >= 0.6 is 50.9 Å². The summed E-state index contributed by atoms with van der Waals surface area (Å²) in [5.41, 5.74) is 2.36.